The molecule has 1 aliphatic rings. The number of hydrogen-bond donors (Lipinski definition) is 1. The fourth-order valence-corrected chi connectivity index (χ4v) is 2.45. The van der Waals surface area contributed by atoms with Gasteiger partial charge in [0.15, 0.2) is 0 Å². The zero-order chi connectivity index (χ0) is 13.0. The molecule has 1 N–H and O–H groups in total. The van der Waals surface area contributed by atoms with E-state index < -0.39 is 0 Å². The van der Waals surface area contributed by atoms with Crippen LogP contribution < -0.4 is 5.32 Å². The standard InChI is InChI=1S/C15H22FNO/c1-3-4-14-9-13(7-8-18-14)17-12-6-5-11(2)15(16)10-12/h5-6,10,13-14,17H,3-4,7-9H2,1-2H3. The predicted octanol–water partition coefficient (Wildman–Crippen LogP) is 3.89. The zero-order valence-electron chi connectivity index (χ0n) is 11.2. The van der Waals surface area contributed by atoms with Gasteiger partial charge in [0, 0.05) is 18.3 Å². The van der Waals surface area contributed by atoms with Gasteiger partial charge in [-0.05, 0) is 43.9 Å². The first-order valence-corrected chi connectivity index (χ1v) is 6.83. The smallest absolute Gasteiger partial charge is 0.128 e. The van der Waals surface area contributed by atoms with E-state index in [0.717, 1.165) is 38.0 Å². The number of benzene rings is 1. The minimum Gasteiger partial charge on any atom is -0.382 e. The molecule has 3 heteroatoms. The molecule has 0 saturated carbocycles. The summed E-state index contributed by atoms with van der Waals surface area (Å²) in [6.45, 7) is 4.76. The van der Waals surface area contributed by atoms with Gasteiger partial charge in [-0.25, -0.2) is 4.39 Å². The molecular formula is C15H22FNO. The Morgan fingerprint density at radius 1 is 1.44 bits per heavy atom. The average molecular weight is 251 g/mol. The molecule has 2 unspecified atom stereocenters. The van der Waals surface area contributed by atoms with Crippen LogP contribution >= 0.6 is 0 Å². The van der Waals surface area contributed by atoms with Crippen LogP contribution in [-0.4, -0.2) is 18.8 Å². The lowest BCUT2D eigenvalue weighted by Crippen LogP contribution is -2.34. The number of aryl methyl sites for hydroxylation is 1. The third-order valence-electron chi connectivity index (χ3n) is 3.52. The molecule has 0 aromatic heterocycles. The van der Waals surface area contributed by atoms with Gasteiger partial charge in [0.05, 0.1) is 6.10 Å². The molecule has 1 heterocycles. The van der Waals surface area contributed by atoms with E-state index in [1.165, 1.54) is 0 Å². The van der Waals surface area contributed by atoms with Crippen LogP contribution in [-0.2, 0) is 4.74 Å². The van der Waals surface area contributed by atoms with Crippen molar-refractivity contribution in [2.24, 2.45) is 0 Å². The van der Waals surface area contributed by atoms with Crippen LogP contribution in [0, 0.1) is 12.7 Å². The third-order valence-corrected chi connectivity index (χ3v) is 3.52. The van der Waals surface area contributed by atoms with Gasteiger partial charge >= 0.3 is 0 Å². The predicted molar refractivity (Wildman–Crippen MR) is 72.4 cm³/mol. The van der Waals surface area contributed by atoms with Crippen LogP contribution in [0.25, 0.3) is 0 Å². The molecule has 0 aliphatic carbocycles. The summed E-state index contributed by atoms with van der Waals surface area (Å²) in [5.74, 6) is -0.142. The Morgan fingerprint density at radius 3 is 3.00 bits per heavy atom. The molecule has 1 aromatic rings. The summed E-state index contributed by atoms with van der Waals surface area (Å²) < 4.78 is 19.2. The second-order valence-corrected chi connectivity index (χ2v) is 5.11. The lowest BCUT2D eigenvalue weighted by Gasteiger charge is -2.30. The molecule has 0 bridgehead atoms. The van der Waals surface area contributed by atoms with Crippen molar-refractivity contribution in [3.05, 3.63) is 29.6 Å². The normalized spacial score (nSPS) is 23.9. The maximum absolute atomic E-state index is 13.5. The van der Waals surface area contributed by atoms with E-state index in [4.69, 9.17) is 4.74 Å². The molecule has 0 amide bonds. The van der Waals surface area contributed by atoms with E-state index in [0.29, 0.717) is 17.7 Å². The van der Waals surface area contributed by atoms with Crippen molar-refractivity contribution in [3.8, 4) is 0 Å². The number of ether oxygens (including phenoxy) is 1. The van der Waals surface area contributed by atoms with Gasteiger partial charge in [0.2, 0.25) is 0 Å². The van der Waals surface area contributed by atoms with Crippen LogP contribution in [0.5, 0.6) is 0 Å². The highest BCUT2D eigenvalue weighted by atomic mass is 19.1. The molecule has 2 rings (SSSR count). The Balaban J connectivity index is 1.93. The van der Waals surface area contributed by atoms with Gasteiger partial charge in [0.1, 0.15) is 5.82 Å². The van der Waals surface area contributed by atoms with Gasteiger partial charge in [-0.3, -0.25) is 0 Å². The Labute approximate surface area is 109 Å². The summed E-state index contributed by atoms with van der Waals surface area (Å²) in [7, 11) is 0. The van der Waals surface area contributed by atoms with E-state index in [9.17, 15) is 4.39 Å². The van der Waals surface area contributed by atoms with Gasteiger partial charge in [-0.15, -0.1) is 0 Å². The molecule has 0 spiro atoms. The Morgan fingerprint density at radius 2 is 2.28 bits per heavy atom. The van der Waals surface area contributed by atoms with Crippen LogP contribution in [0.15, 0.2) is 18.2 Å². The molecule has 100 valence electrons. The summed E-state index contributed by atoms with van der Waals surface area (Å²) in [6.07, 6.45) is 4.63. The SMILES string of the molecule is CCCC1CC(Nc2ccc(C)c(F)c2)CCO1. The van der Waals surface area contributed by atoms with Crippen molar-refractivity contribution >= 4 is 5.69 Å². The molecule has 1 aliphatic heterocycles. The Kier molecular flexibility index (Phi) is 4.59. The van der Waals surface area contributed by atoms with E-state index in [1.807, 2.05) is 12.1 Å². The highest BCUT2D eigenvalue weighted by Gasteiger charge is 2.21. The number of rotatable bonds is 4. The van der Waals surface area contributed by atoms with Gasteiger partial charge in [0.25, 0.3) is 0 Å². The quantitative estimate of drug-likeness (QED) is 0.876. The summed E-state index contributed by atoms with van der Waals surface area (Å²) in [4.78, 5) is 0. The topological polar surface area (TPSA) is 21.3 Å². The summed E-state index contributed by atoms with van der Waals surface area (Å²) in [5.41, 5.74) is 1.57. The minimum absolute atomic E-state index is 0.142. The monoisotopic (exact) mass is 251 g/mol. The van der Waals surface area contributed by atoms with Crippen LogP contribution in [0.3, 0.4) is 0 Å². The van der Waals surface area contributed by atoms with Gasteiger partial charge < -0.3 is 10.1 Å². The second kappa shape index (κ2) is 6.19. The summed E-state index contributed by atoms with van der Waals surface area (Å²) in [5, 5.41) is 3.42. The van der Waals surface area contributed by atoms with Crippen molar-refractivity contribution in [1.82, 2.24) is 0 Å². The fourth-order valence-electron chi connectivity index (χ4n) is 2.45. The maximum atomic E-state index is 13.5. The molecule has 2 atom stereocenters. The second-order valence-electron chi connectivity index (χ2n) is 5.11. The maximum Gasteiger partial charge on any atom is 0.128 e. The van der Waals surface area contributed by atoms with Crippen LogP contribution in [0.2, 0.25) is 0 Å². The highest BCUT2D eigenvalue weighted by molar-refractivity contribution is 5.46. The first-order valence-electron chi connectivity index (χ1n) is 6.83. The largest absolute Gasteiger partial charge is 0.382 e. The number of hydrogen-bond acceptors (Lipinski definition) is 2. The molecule has 0 radical (unpaired) electrons. The first kappa shape index (κ1) is 13.3. The Hall–Kier alpha value is -1.09. The lowest BCUT2D eigenvalue weighted by atomic mass is 10.00. The fraction of sp³-hybridized carbons (Fsp3) is 0.600. The Bertz CT molecular complexity index is 392. The van der Waals surface area contributed by atoms with Crippen LogP contribution in [0.4, 0.5) is 10.1 Å². The van der Waals surface area contributed by atoms with Crippen molar-refractivity contribution in [2.45, 2.75) is 51.7 Å². The van der Waals surface area contributed by atoms with Crippen molar-refractivity contribution < 1.29 is 9.13 Å². The van der Waals surface area contributed by atoms with Crippen molar-refractivity contribution in [2.75, 3.05) is 11.9 Å². The molecule has 1 fully saturated rings. The van der Waals surface area contributed by atoms with E-state index in [2.05, 4.69) is 12.2 Å². The average Bonchev–Trinajstić information content (AvgIpc) is 2.35. The minimum atomic E-state index is -0.142. The van der Waals surface area contributed by atoms with Gasteiger partial charge in [-0.2, -0.15) is 0 Å². The van der Waals surface area contributed by atoms with E-state index >= 15 is 0 Å². The first-order chi connectivity index (χ1) is 8.69. The molecule has 2 nitrogen and oxygen atoms in total. The molecular weight excluding hydrogens is 229 g/mol. The summed E-state index contributed by atoms with van der Waals surface area (Å²) >= 11 is 0. The summed E-state index contributed by atoms with van der Waals surface area (Å²) in [6, 6.07) is 5.75. The molecule has 18 heavy (non-hydrogen) atoms. The van der Waals surface area contributed by atoms with Crippen molar-refractivity contribution in [3.63, 3.8) is 0 Å². The van der Waals surface area contributed by atoms with E-state index in [-0.39, 0.29) is 5.82 Å². The van der Waals surface area contributed by atoms with Crippen LogP contribution in [0.1, 0.15) is 38.2 Å². The zero-order valence-corrected chi connectivity index (χ0v) is 11.2. The number of nitrogens with one attached hydrogen (secondary N) is 1. The molecule has 1 saturated heterocycles. The number of halogens is 1. The third kappa shape index (κ3) is 3.45. The van der Waals surface area contributed by atoms with E-state index in [1.54, 1.807) is 13.0 Å². The van der Waals surface area contributed by atoms with Gasteiger partial charge in [-0.1, -0.05) is 19.4 Å². The molecule has 1 aromatic carbocycles. The highest BCUT2D eigenvalue weighted by Crippen LogP contribution is 2.22. The number of anilines is 1. The lowest BCUT2D eigenvalue weighted by molar-refractivity contribution is 0.00598. The van der Waals surface area contributed by atoms with Crippen molar-refractivity contribution in [1.29, 1.82) is 0 Å².